The number of nitrogens with zero attached hydrogens (tertiary/aromatic N) is 3. The van der Waals surface area contributed by atoms with Crippen molar-refractivity contribution in [3.8, 4) is 28.6 Å². The molecule has 4 aromatic rings. The van der Waals surface area contributed by atoms with Gasteiger partial charge in [0.1, 0.15) is 5.75 Å². The predicted molar refractivity (Wildman–Crippen MR) is 169 cm³/mol. The molecular formula is C33H36ClN3O6. The molecular weight excluding hydrogens is 570 g/mol. The van der Waals surface area contributed by atoms with Crippen molar-refractivity contribution in [1.82, 2.24) is 9.66 Å². The van der Waals surface area contributed by atoms with E-state index >= 15 is 0 Å². The van der Waals surface area contributed by atoms with Gasteiger partial charge in [-0.15, -0.1) is 0 Å². The molecule has 0 aliphatic carbocycles. The lowest BCUT2D eigenvalue weighted by molar-refractivity contribution is -0.150. The average Bonchev–Trinajstić information content (AvgIpc) is 2.98. The highest BCUT2D eigenvalue weighted by molar-refractivity contribution is 6.32. The van der Waals surface area contributed by atoms with E-state index in [1.54, 1.807) is 51.3 Å². The molecule has 0 unspecified atom stereocenters. The van der Waals surface area contributed by atoms with E-state index in [0.717, 1.165) is 22.4 Å². The number of hydrogen-bond acceptors (Lipinski definition) is 8. The summed E-state index contributed by atoms with van der Waals surface area (Å²) in [6.07, 6.45) is 0.612. The molecule has 0 bridgehead atoms. The van der Waals surface area contributed by atoms with Gasteiger partial charge in [-0.3, -0.25) is 4.79 Å². The fourth-order valence-electron chi connectivity index (χ4n) is 4.62. The fraction of sp³-hybridized carbons (Fsp3) is 0.333. The van der Waals surface area contributed by atoms with Crippen molar-refractivity contribution in [2.75, 3.05) is 20.3 Å². The molecule has 0 aliphatic heterocycles. The molecule has 0 spiro atoms. The van der Waals surface area contributed by atoms with E-state index < -0.39 is 12.1 Å². The first-order valence-electron chi connectivity index (χ1n) is 14.1. The van der Waals surface area contributed by atoms with Crippen LogP contribution in [0.3, 0.4) is 0 Å². The Bertz CT molecular complexity index is 1730. The van der Waals surface area contributed by atoms with Gasteiger partial charge in [0.15, 0.2) is 23.4 Å². The molecule has 0 amide bonds. The lowest BCUT2D eigenvalue weighted by atomic mass is 9.96. The van der Waals surface area contributed by atoms with Crippen molar-refractivity contribution in [3.63, 3.8) is 0 Å². The summed E-state index contributed by atoms with van der Waals surface area (Å²) in [4.78, 5) is 30.8. The van der Waals surface area contributed by atoms with Gasteiger partial charge in [0.2, 0.25) is 0 Å². The Morgan fingerprint density at radius 1 is 1.07 bits per heavy atom. The van der Waals surface area contributed by atoms with Crippen molar-refractivity contribution in [2.24, 2.45) is 5.10 Å². The number of carbonyl (C=O) groups is 1. The van der Waals surface area contributed by atoms with Crippen molar-refractivity contribution in [1.29, 1.82) is 0 Å². The number of fused-ring (bicyclic) bond motifs is 1. The minimum absolute atomic E-state index is 0.171. The average molecular weight is 606 g/mol. The molecule has 1 heterocycles. The van der Waals surface area contributed by atoms with E-state index in [1.165, 1.54) is 10.9 Å². The highest BCUT2D eigenvalue weighted by atomic mass is 35.5. The van der Waals surface area contributed by atoms with E-state index in [-0.39, 0.29) is 28.9 Å². The maximum absolute atomic E-state index is 13.8. The summed E-state index contributed by atoms with van der Waals surface area (Å²) in [6.45, 7) is 11.8. The van der Waals surface area contributed by atoms with Gasteiger partial charge in [-0.05, 0) is 86.7 Å². The number of methoxy groups -OCH3 is 1. The van der Waals surface area contributed by atoms with Gasteiger partial charge < -0.3 is 18.9 Å². The lowest BCUT2D eigenvalue weighted by Crippen LogP contribution is -2.26. The first-order valence-corrected chi connectivity index (χ1v) is 14.5. The van der Waals surface area contributed by atoms with Gasteiger partial charge >= 0.3 is 5.97 Å². The molecule has 0 N–H and O–H groups in total. The second-order valence-corrected chi connectivity index (χ2v) is 10.6. The quantitative estimate of drug-likeness (QED) is 0.137. The molecule has 3 aromatic carbocycles. The highest BCUT2D eigenvalue weighted by Gasteiger charge is 2.22. The zero-order valence-electron chi connectivity index (χ0n) is 25.4. The summed E-state index contributed by atoms with van der Waals surface area (Å²) < 4.78 is 23.6. The van der Waals surface area contributed by atoms with Crippen LogP contribution in [0.4, 0.5) is 0 Å². The van der Waals surface area contributed by atoms with Crippen molar-refractivity contribution < 1.29 is 23.7 Å². The number of esters is 1. The second kappa shape index (κ2) is 13.7. The molecule has 9 nitrogen and oxygen atoms in total. The maximum Gasteiger partial charge on any atom is 0.347 e. The van der Waals surface area contributed by atoms with Crippen LogP contribution in [0, 0.1) is 6.92 Å². The molecule has 43 heavy (non-hydrogen) atoms. The first-order chi connectivity index (χ1) is 20.6. The van der Waals surface area contributed by atoms with Crippen LogP contribution >= 0.6 is 11.6 Å². The number of hydrogen-bond donors (Lipinski definition) is 0. The van der Waals surface area contributed by atoms with Crippen LogP contribution in [0.2, 0.25) is 5.02 Å². The Kier molecular flexibility index (Phi) is 10.1. The smallest absolute Gasteiger partial charge is 0.347 e. The topological polar surface area (TPSA) is 101 Å². The van der Waals surface area contributed by atoms with Gasteiger partial charge in [-0.1, -0.05) is 37.6 Å². The minimum Gasteiger partial charge on any atom is -0.496 e. The van der Waals surface area contributed by atoms with Crippen LogP contribution in [0.5, 0.6) is 17.2 Å². The van der Waals surface area contributed by atoms with Crippen LogP contribution in [0.1, 0.15) is 57.2 Å². The Morgan fingerprint density at radius 2 is 1.81 bits per heavy atom. The summed E-state index contributed by atoms with van der Waals surface area (Å²) in [5.41, 5.74) is 3.42. The molecule has 0 saturated heterocycles. The summed E-state index contributed by atoms with van der Waals surface area (Å²) in [5.74, 6) is 1.35. The van der Waals surface area contributed by atoms with Gasteiger partial charge in [0.25, 0.3) is 5.56 Å². The molecule has 4 rings (SSSR count). The third-order valence-electron chi connectivity index (χ3n) is 6.76. The molecule has 226 valence electrons. The molecule has 1 atom stereocenters. The van der Waals surface area contributed by atoms with Gasteiger partial charge in [-0.2, -0.15) is 9.78 Å². The van der Waals surface area contributed by atoms with Crippen LogP contribution in [0.25, 0.3) is 22.3 Å². The molecule has 0 saturated carbocycles. The Labute approximate surface area is 256 Å². The third-order valence-corrected chi connectivity index (χ3v) is 7.04. The molecule has 1 aromatic heterocycles. The predicted octanol–water partition coefficient (Wildman–Crippen LogP) is 6.77. The minimum atomic E-state index is -0.899. The molecule has 0 aliphatic rings. The number of benzene rings is 3. The summed E-state index contributed by atoms with van der Waals surface area (Å²) in [7, 11) is 1.64. The van der Waals surface area contributed by atoms with Gasteiger partial charge in [0.05, 0.1) is 42.5 Å². The zero-order valence-corrected chi connectivity index (χ0v) is 26.2. The van der Waals surface area contributed by atoms with Crippen molar-refractivity contribution in [2.45, 2.75) is 53.6 Å². The van der Waals surface area contributed by atoms with E-state index in [9.17, 15) is 9.59 Å². The number of ether oxygens (including phenoxy) is 4. The largest absolute Gasteiger partial charge is 0.496 e. The zero-order chi connectivity index (χ0) is 31.3. The highest BCUT2D eigenvalue weighted by Crippen LogP contribution is 2.38. The van der Waals surface area contributed by atoms with Gasteiger partial charge in [-0.25, -0.2) is 9.78 Å². The van der Waals surface area contributed by atoms with Crippen molar-refractivity contribution in [3.05, 3.63) is 80.6 Å². The normalized spacial score (nSPS) is 12.1. The summed E-state index contributed by atoms with van der Waals surface area (Å²) in [6, 6.07) is 14.4. The number of carbonyl (C=O) groups excluding carboxylic acids is 1. The summed E-state index contributed by atoms with van der Waals surface area (Å²) in [5, 5.41) is 5.24. The summed E-state index contributed by atoms with van der Waals surface area (Å²) >= 11 is 6.60. The molecule has 0 radical (unpaired) electrons. The fourth-order valence-corrected chi connectivity index (χ4v) is 4.88. The van der Waals surface area contributed by atoms with E-state index in [0.29, 0.717) is 34.6 Å². The molecule has 0 fully saturated rings. The van der Waals surface area contributed by atoms with Gasteiger partial charge in [0, 0.05) is 5.56 Å². The van der Waals surface area contributed by atoms with E-state index in [4.69, 9.17) is 35.5 Å². The van der Waals surface area contributed by atoms with Crippen LogP contribution < -0.4 is 19.8 Å². The Hall–Kier alpha value is -4.37. The third kappa shape index (κ3) is 6.83. The van der Waals surface area contributed by atoms with E-state index in [1.807, 2.05) is 32.0 Å². The lowest BCUT2D eigenvalue weighted by Gasteiger charge is -2.18. The van der Waals surface area contributed by atoms with E-state index in [2.05, 4.69) is 18.9 Å². The number of halogens is 1. The number of aryl methyl sites for hydroxylation is 1. The second-order valence-electron chi connectivity index (χ2n) is 10.2. The number of aromatic nitrogens is 2. The van der Waals surface area contributed by atoms with Crippen LogP contribution in [-0.2, 0) is 9.53 Å². The SMILES string of the molecule is CCOC(=O)[C@H](C)Oc1c(Cl)cc(C=Nn2c(-c3cc(C(C)C)c(OC)cc3C)nc3ccccc3c2=O)cc1OCC. The number of rotatable bonds is 11. The first kappa shape index (κ1) is 31.6. The number of para-hydroxylation sites is 1. The Balaban J connectivity index is 1.86. The van der Waals surface area contributed by atoms with Crippen LogP contribution in [-0.4, -0.2) is 48.3 Å². The monoisotopic (exact) mass is 605 g/mol. The Morgan fingerprint density at radius 3 is 2.49 bits per heavy atom. The molecule has 10 heteroatoms. The standard InChI is InChI=1S/C33H36ClN3O6/c1-8-41-29-16-22(15-26(34)30(29)43-21(6)33(39)42-9-2)18-35-37-31(36-27-13-11-10-12-23(27)32(37)38)25-17-24(19(3)4)28(40-7)14-20(25)5/h10-19,21H,8-9H2,1-7H3/t21-/m0/s1. The van der Waals surface area contributed by atoms with Crippen molar-refractivity contribution >= 4 is 34.7 Å². The maximum atomic E-state index is 13.8. The van der Waals surface area contributed by atoms with Crippen LogP contribution in [0.15, 0.2) is 58.4 Å².